The molecule has 0 atom stereocenters. The summed E-state index contributed by atoms with van der Waals surface area (Å²) in [5.41, 5.74) is 0.132. The van der Waals surface area contributed by atoms with Crippen molar-refractivity contribution in [2.24, 2.45) is 0 Å². The Morgan fingerprint density at radius 3 is 2.39 bits per heavy atom. The molecule has 0 fully saturated rings. The molecular weight excluding hydrogens is 265 g/mol. The molecule has 0 spiro atoms. The highest BCUT2D eigenvalue weighted by atomic mass is 35.5. The Morgan fingerprint density at radius 1 is 1.17 bits per heavy atom. The highest BCUT2D eigenvalue weighted by molar-refractivity contribution is 6.35. The minimum absolute atomic E-state index is 0.00458. The number of hydrogen-bond acceptors (Lipinski definition) is 2. The molecule has 6 heteroatoms. The van der Waals surface area contributed by atoms with E-state index in [1.165, 1.54) is 6.33 Å². The van der Waals surface area contributed by atoms with Crippen molar-refractivity contribution in [3.8, 4) is 0 Å². The summed E-state index contributed by atoms with van der Waals surface area (Å²) < 4.78 is 38.2. The number of alkyl halides is 3. The van der Waals surface area contributed by atoms with Crippen molar-refractivity contribution in [2.45, 2.75) is 25.9 Å². The number of nitrogens with zero attached hydrogens (tertiary/aromatic N) is 2. The molecule has 0 amide bonds. The summed E-state index contributed by atoms with van der Waals surface area (Å²) in [6.45, 7) is 3.71. The van der Waals surface area contributed by atoms with Gasteiger partial charge in [0.1, 0.15) is 6.33 Å². The first-order valence-electron chi connectivity index (χ1n) is 5.32. The maximum atomic E-state index is 12.7. The second-order valence-electron chi connectivity index (χ2n) is 4.27. The monoisotopic (exact) mass is 274 g/mol. The van der Waals surface area contributed by atoms with Crippen LogP contribution in [-0.4, -0.2) is 9.97 Å². The third-order valence-electron chi connectivity index (χ3n) is 2.60. The average molecular weight is 275 g/mol. The number of benzene rings is 1. The van der Waals surface area contributed by atoms with Gasteiger partial charge in [-0.15, -0.1) is 0 Å². The van der Waals surface area contributed by atoms with Crippen molar-refractivity contribution in [3.63, 3.8) is 0 Å². The molecule has 0 N–H and O–H groups in total. The lowest BCUT2D eigenvalue weighted by Gasteiger charge is -2.12. The molecule has 0 aliphatic heterocycles. The minimum atomic E-state index is -4.43. The van der Waals surface area contributed by atoms with E-state index in [0.717, 1.165) is 12.1 Å². The van der Waals surface area contributed by atoms with Crippen molar-refractivity contribution < 1.29 is 13.2 Å². The summed E-state index contributed by atoms with van der Waals surface area (Å²) in [5.74, 6) is -0.00458. The molecule has 96 valence electrons. The second kappa shape index (κ2) is 4.39. The van der Waals surface area contributed by atoms with Crippen LogP contribution >= 0.6 is 11.6 Å². The average Bonchev–Trinajstić information content (AvgIpc) is 2.26. The SMILES string of the molecule is CC(C)c1ncnc2c(Cl)cc(C(F)(F)F)cc12. The maximum absolute atomic E-state index is 12.7. The van der Waals surface area contributed by atoms with E-state index >= 15 is 0 Å². The van der Waals surface area contributed by atoms with E-state index in [-0.39, 0.29) is 10.9 Å². The standard InChI is InChI=1S/C12H10ClF3N2/c1-6(2)10-8-3-7(12(14,15)16)4-9(13)11(8)18-5-17-10/h3-6H,1-2H3. The highest BCUT2D eigenvalue weighted by Crippen LogP contribution is 2.36. The van der Waals surface area contributed by atoms with E-state index in [1.54, 1.807) is 0 Å². The van der Waals surface area contributed by atoms with Crippen LogP contribution in [0.25, 0.3) is 10.9 Å². The molecule has 0 saturated carbocycles. The zero-order valence-corrected chi connectivity index (χ0v) is 10.5. The van der Waals surface area contributed by atoms with E-state index in [2.05, 4.69) is 9.97 Å². The number of halogens is 4. The highest BCUT2D eigenvalue weighted by Gasteiger charge is 2.31. The Hall–Kier alpha value is -1.36. The van der Waals surface area contributed by atoms with Crippen LogP contribution in [0.3, 0.4) is 0 Å². The van der Waals surface area contributed by atoms with Crippen molar-refractivity contribution >= 4 is 22.5 Å². The minimum Gasteiger partial charge on any atom is -0.240 e. The lowest BCUT2D eigenvalue weighted by molar-refractivity contribution is -0.137. The molecule has 2 rings (SSSR count). The normalized spacial score (nSPS) is 12.4. The van der Waals surface area contributed by atoms with Gasteiger partial charge in [0.2, 0.25) is 0 Å². The van der Waals surface area contributed by atoms with Gasteiger partial charge in [0, 0.05) is 5.39 Å². The Kier molecular flexibility index (Phi) is 3.19. The van der Waals surface area contributed by atoms with Gasteiger partial charge in [0.05, 0.1) is 21.8 Å². The van der Waals surface area contributed by atoms with Crippen LogP contribution in [0.5, 0.6) is 0 Å². The van der Waals surface area contributed by atoms with E-state index in [0.29, 0.717) is 16.6 Å². The smallest absolute Gasteiger partial charge is 0.240 e. The van der Waals surface area contributed by atoms with Gasteiger partial charge in [0.15, 0.2) is 0 Å². The van der Waals surface area contributed by atoms with Crippen LogP contribution < -0.4 is 0 Å². The quantitative estimate of drug-likeness (QED) is 0.769. The molecule has 0 radical (unpaired) electrons. The van der Waals surface area contributed by atoms with Crippen LogP contribution in [0.15, 0.2) is 18.5 Å². The largest absolute Gasteiger partial charge is 0.416 e. The molecular formula is C12H10ClF3N2. The molecule has 0 aliphatic carbocycles. The molecule has 2 aromatic rings. The van der Waals surface area contributed by atoms with Crippen LogP contribution in [-0.2, 0) is 6.18 Å². The van der Waals surface area contributed by atoms with Crippen molar-refractivity contribution in [2.75, 3.05) is 0 Å². The fourth-order valence-corrected chi connectivity index (χ4v) is 2.04. The first-order chi connectivity index (χ1) is 8.30. The van der Waals surface area contributed by atoms with Gasteiger partial charge in [-0.05, 0) is 18.1 Å². The molecule has 18 heavy (non-hydrogen) atoms. The van der Waals surface area contributed by atoms with Crippen molar-refractivity contribution in [3.05, 3.63) is 34.7 Å². The Bertz CT molecular complexity index is 594. The Labute approximate surface area is 107 Å². The molecule has 2 nitrogen and oxygen atoms in total. The van der Waals surface area contributed by atoms with Crippen LogP contribution in [0.4, 0.5) is 13.2 Å². The van der Waals surface area contributed by atoms with Gasteiger partial charge in [-0.25, -0.2) is 9.97 Å². The van der Waals surface area contributed by atoms with Gasteiger partial charge in [-0.3, -0.25) is 0 Å². The van der Waals surface area contributed by atoms with Gasteiger partial charge >= 0.3 is 6.18 Å². The zero-order valence-electron chi connectivity index (χ0n) is 9.72. The summed E-state index contributed by atoms with van der Waals surface area (Å²) in [6.07, 6.45) is -3.11. The lowest BCUT2D eigenvalue weighted by Crippen LogP contribution is -2.06. The Balaban J connectivity index is 2.81. The fraction of sp³-hybridized carbons (Fsp3) is 0.333. The van der Waals surface area contributed by atoms with Crippen LogP contribution in [0.2, 0.25) is 5.02 Å². The summed E-state index contributed by atoms with van der Waals surface area (Å²) in [5, 5.41) is 0.344. The molecule has 0 aliphatic rings. The number of aromatic nitrogens is 2. The molecule has 1 aromatic heterocycles. The number of fused-ring (bicyclic) bond motifs is 1. The predicted molar refractivity (Wildman–Crippen MR) is 63.6 cm³/mol. The molecule has 1 aromatic carbocycles. The summed E-state index contributed by atoms with van der Waals surface area (Å²) in [4.78, 5) is 7.97. The number of hydrogen-bond donors (Lipinski definition) is 0. The lowest BCUT2D eigenvalue weighted by atomic mass is 10.0. The summed E-state index contributed by atoms with van der Waals surface area (Å²) >= 11 is 5.85. The van der Waals surface area contributed by atoms with E-state index in [9.17, 15) is 13.2 Å². The molecule has 1 heterocycles. The van der Waals surface area contributed by atoms with E-state index in [4.69, 9.17) is 11.6 Å². The van der Waals surface area contributed by atoms with Crippen molar-refractivity contribution in [1.29, 1.82) is 0 Å². The third-order valence-corrected chi connectivity index (χ3v) is 2.89. The first kappa shape index (κ1) is 13.1. The number of rotatable bonds is 1. The molecule has 0 saturated heterocycles. The Morgan fingerprint density at radius 2 is 1.83 bits per heavy atom. The van der Waals surface area contributed by atoms with E-state index < -0.39 is 11.7 Å². The second-order valence-corrected chi connectivity index (χ2v) is 4.67. The zero-order chi connectivity index (χ0) is 13.5. The van der Waals surface area contributed by atoms with Crippen LogP contribution in [0.1, 0.15) is 31.0 Å². The molecule has 0 bridgehead atoms. The third kappa shape index (κ3) is 2.27. The first-order valence-corrected chi connectivity index (χ1v) is 5.70. The van der Waals surface area contributed by atoms with E-state index in [1.807, 2.05) is 13.8 Å². The predicted octanol–water partition coefficient (Wildman–Crippen LogP) is 4.43. The summed E-state index contributed by atoms with van der Waals surface area (Å²) in [7, 11) is 0. The van der Waals surface area contributed by atoms with Gasteiger partial charge in [0.25, 0.3) is 0 Å². The van der Waals surface area contributed by atoms with Gasteiger partial charge in [-0.1, -0.05) is 25.4 Å². The van der Waals surface area contributed by atoms with Crippen molar-refractivity contribution in [1.82, 2.24) is 9.97 Å². The van der Waals surface area contributed by atoms with Gasteiger partial charge < -0.3 is 0 Å². The fourth-order valence-electron chi connectivity index (χ4n) is 1.77. The summed E-state index contributed by atoms with van der Waals surface area (Å²) in [6, 6.07) is 1.94. The van der Waals surface area contributed by atoms with Gasteiger partial charge in [-0.2, -0.15) is 13.2 Å². The molecule has 0 unspecified atom stereocenters. The topological polar surface area (TPSA) is 25.8 Å². The van der Waals surface area contributed by atoms with Crippen LogP contribution in [0, 0.1) is 0 Å². The maximum Gasteiger partial charge on any atom is 0.416 e.